The molecular weight excluding hydrogens is 263 g/mol. The summed E-state index contributed by atoms with van der Waals surface area (Å²) in [7, 11) is 0. The monoisotopic (exact) mass is 264 g/mol. The van der Waals surface area contributed by atoms with Crippen LogP contribution in [0.2, 0.25) is 0 Å². The summed E-state index contributed by atoms with van der Waals surface area (Å²) in [6.07, 6.45) is 0. The number of carbonyl (C=O) groups excluding carboxylic acids is 1. The van der Waals surface area contributed by atoms with E-state index in [0.29, 0.717) is 4.47 Å². The Kier molecular flexibility index (Phi) is 2.94. The van der Waals surface area contributed by atoms with Crippen LogP contribution in [-0.4, -0.2) is 15.1 Å². The Balaban J connectivity index is 3.27. The Bertz CT molecular complexity index is 382. The number of pyridine rings is 1. The third-order valence-corrected chi connectivity index (χ3v) is 2.02. The van der Waals surface area contributed by atoms with E-state index in [1.807, 2.05) is 0 Å². The van der Waals surface area contributed by atoms with E-state index in [1.165, 1.54) is 12.1 Å². The van der Waals surface area contributed by atoms with Crippen molar-refractivity contribution in [2.75, 3.05) is 0 Å². The summed E-state index contributed by atoms with van der Waals surface area (Å²) in [5.41, 5.74) is -0.157. The van der Waals surface area contributed by atoms with Gasteiger partial charge in [0, 0.05) is 6.07 Å². The van der Waals surface area contributed by atoms with E-state index >= 15 is 0 Å². The lowest BCUT2D eigenvalue weighted by molar-refractivity contribution is -0.389. The van der Waals surface area contributed by atoms with Crippen LogP contribution < -0.4 is 0 Å². The van der Waals surface area contributed by atoms with Gasteiger partial charge in [-0.2, -0.15) is 0 Å². The topological polar surface area (TPSA) is 73.1 Å². The van der Waals surface area contributed by atoms with Crippen LogP contribution in [0.25, 0.3) is 0 Å². The molecule has 1 heterocycles. The number of rotatable bonds is 2. The molecule has 0 atom stereocenters. The van der Waals surface area contributed by atoms with Crippen LogP contribution in [0, 0.1) is 10.1 Å². The summed E-state index contributed by atoms with van der Waals surface area (Å²) < 4.78 is 0.332. The summed E-state index contributed by atoms with van der Waals surface area (Å²) in [6.45, 7) is 0. The molecule has 0 amide bonds. The normalized spacial score (nSPS) is 9.69. The van der Waals surface area contributed by atoms with Crippen molar-refractivity contribution < 1.29 is 9.72 Å². The Morgan fingerprint density at radius 2 is 2.23 bits per heavy atom. The molecule has 0 unspecified atom stereocenters. The molecule has 0 saturated carbocycles. The highest BCUT2D eigenvalue weighted by atomic mass is 79.9. The van der Waals surface area contributed by atoms with Gasteiger partial charge in [0.15, 0.2) is 0 Å². The number of hydrogen-bond donors (Lipinski definition) is 0. The predicted molar refractivity (Wildman–Crippen MR) is 48.8 cm³/mol. The van der Waals surface area contributed by atoms with Gasteiger partial charge in [0.1, 0.15) is 0 Å². The molecule has 7 heteroatoms. The van der Waals surface area contributed by atoms with Crippen molar-refractivity contribution >= 4 is 38.6 Å². The lowest BCUT2D eigenvalue weighted by Gasteiger charge is -1.94. The van der Waals surface area contributed by atoms with E-state index in [1.54, 1.807) is 0 Å². The highest BCUT2D eigenvalue weighted by molar-refractivity contribution is 9.10. The second-order valence-corrected chi connectivity index (χ2v) is 3.23. The lowest BCUT2D eigenvalue weighted by atomic mass is 10.4. The number of nitro groups is 1. The zero-order valence-corrected chi connectivity index (χ0v) is 8.37. The predicted octanol–water partition coefficient (Wildman–Crippen LogP) is 2.13. The Hall–Kier alpha value is -1.01. The van der Waals surface area contributed by atoms with Crippen LogP contribution in [0.4, 0.5) is 5.82 Å². The zero-order valence-electron chi connectivity index (χ0n) is 6.03. The molecule has 1 aromatic rings. The molecule has 1 rings (SSSR count). The Labute approximate surface area is 86.0 Å². The van der Waals surface area contributed by atoms with Crippen molar-refractivity contribution in [2.45, 2.75) is 0 Å². The van der Waals surface area contributed by atoms with E-state index < -0.39 is 16.0 Å². The highest BCUT2D eigenvalue weighted by Gasteiger charge is 2.18. The molecule has 5 nitrogen and oxygen atoms in total. The van der Waals surface area contributed by atoms with Crippen molar-refractivity contribution in [3.63, 3.8) is 0 Å². The van der Waals surface area contributed by atoms with Crippen molar-refractivity contribution in [2.24, 2.45) is 0 Å². The first kappa shape index (κ1) is 10.1. The van der Waals surface area contributed by atoms with Gasteiger partial charge in [0.05, 0.1) is 4.47 Å². The molecule has 0 spiro atoms. The fourth-order valence-electron chi connectivity index (χ4n) is 0.671. The van der Waals surface area contributed by atoms with Gasteiger partial charge in [0.2, 0.25) is 5.69 Å². The largest absolute Gasteiger partial charge is 0.364 e. The van der Waals surface area contributed by atoms with E-state index in [4.69, 9.17) is 11.6 Å². The van der Waals surface area contributed by atoms with Crippen molar-refractivity contribution in [1.82, 2.24) is 4.98 Å². The van der Waals surface area contributed by atoms with E-state index in [0.717, 1.165) is 0 Å². The minimum absolute atomic E-state index is 0.157. The molecule has 0 saturated heterocycles. The summed E-state index contributed by atoms with van der Waals surface area (Å²) in [4.78, 5) is 23.7. The number of halogens is 2. The molecule has 68 valence electrons. The molecule has 1 aromatic heterocycles. The molecule has 0 aliphatic carbocycles. The standard InChI is InChI=1S/C6H2BrClN2O3/c7-3-1-2-4(10(12)13)9-5(3)6(8)11/h1-2H. The molecule has 0 radical (unpaired) electrons. The van der Waals surface area contributed by atoms with Crippen molar-refractivity contribution in [3.05, 3.63) is 32.4 Å². The maximum absolute atomic E-state index is 10.7. The molecule has 0 fully saturated rings. The number of carbonyl (C=O) groups is 1. The first-order valence-corrected chi connectivity index (χ1v) is 4.20. The van der Waals surface area contributed by atoms with Gasteiger partial charge in [-0.25, -0.2) is 0 Å². The van der Waals surface area contributed by atoms with E-state index in [2.05, 4.69) is 20.9 Å². The van der Waals surface area contributed by atoms with Gasteiger partial charge in [-0.05, 0) is 43.5 Å². The van der Waals surface area contributed by atoms with Gasteiger partial charge < -0.3 is 10.1 Å². The maximum Gasteiger partial charge on any atom is 0.364 e. The molecule has 0 aromatic carbocycles. The van der Waals surface area contributed by atoms with Gasteiger partial charge in [-0.1, -0.05) is 0 Å². The smallest absolute Gasteiger partial charge is 0.358 e. The fourth-order valence-corrected chi connectivity index (χ4v) is 1.33. The Morgan fingerprint density at radius 1 is 1.62 bits per heavy atom. The second kappa shape index (κ2) is 3.80. The van der Waals surface area contributed by atoms with E-state index in [-0.39, 0.29) is 5.69 Å². The first-order chi connectivity index (χ1) is 6.02. The molecule has 0 aliphatic heterocycles. The summed E-state index contributed by atoms with van der Waals surface area (Å²) in [6, 6.07) is 2.52. The average Bonchev–Trinajstić information content (AvgIpc) is 2.04. The molecular formula is C6H2BrClN2O3. The lowest BCUT2D eigenvalue weighted by Crippen LogP contribution is -1.99. The van der Waals surface area contributed by atoms with Gasteiger partial charge in [-0.15, -0.1) is 0 Å². The quantitative estimate of drug-likeness (QED) is 0.466. The van der Waals surface area contributed by atoms with Crippen LogP contribution in [0.15, 0.2) is 16.6 Å². The summed E-state index contributed by atoms with van der Waals surface area (Å²) >= 11 is 8.12. The maximum atomic E-state index is 10.7. The molecule has 0 N–H and O–H groups in total. The van der Waals surface area contributed by atoms with Crippen molar-refractivity contribution in [3.8, 4) is 0 Å². The minimum atomic E-state index is -0.837. The number of aromatic nitrogens is 1. The van der Waals surface area contributed by atoms with Crippen LogP contribution in [0.5, 0.6) is 0 Å². The van der Waals surface area contributed by atoms with Crippen LogP contribution >= 0.6 is 27.5 Å². The van der Waals surface area contributed by atoms with Gasteiger partial charge in [0.25, 0.3) is 5.24 Å². The number of nitrogens with zero attached hydrogens (tertiary/aromatic N) is 2. The first-order valence-electron chi connectivity index (χ1n) is 3.03. The van der Waals surface area contributed by atoms with Crippen molar-refractivity contribution in [1.29, 1.82) is 0 Å². The second-order valence-electron chi connectivity index (χ2n) is 2.03. The zero-order chi connectivity index (χ0) is 10.0. The summed E-state index contributed by atoms with van der Waals surface area (Å²) in [5.74, 6) is -0.410. The third-order valence-electron chi connectivity index (χ3n) is 1.20. The Morgan fingerprint density at radius 3 is 2.69 bits per heavy atom. The molecule has 0 aliphatic rings. The molecule has 13 heavy (non-hydrogen) atoms. The van der Waals surface area contributed by atoms with E-state index in [9.17, 15) is 14.9 Å². The fraction of sp³-hybridized carbons (Fsp3) is 0. The average molecular weight is 265 g/mol. The SMILES string of the molecule is O=C(Cl)c1nc([N+](=O)[O-])ccc1Br. The summed E-state index contributed by atoms with van der Waals surface area (Å²) in [5, 5.41) is 9.42. The highest BCUT2D eigenvalue weighted by Crippen LogP contribution is 2.19. The van der Waals surface area contributed by atoms with Crippen LogP contribution in [0.1, 0.15) is 10.5 Å². The number of hydrogen-bond acceptors (Lipinski definition) is 4. The van der Waals surface area contributed by atoms with Gasteiger partial charge in [-0.3, -0.25) is 4.79 Å². The van der Waals surface area contributed by atoms with Crippen LogP contribution in [0.3, 0.4) is 0 Å². The van der Waals surface area contributed by atoms with Crippen LogP contribution in [-0.2, 0) is 0 Å². The third kappa shape index (κ3) is 2.22. The minimum Gasteiger partial charge on any atom is -0.358 e. The molecule has 0 bridgehead atoms. The van der Waals surface area contributed by atoms with Gasteiger partial charge >= 0.3 is 5.82 Å².